The van der Waals surface area contributed by atoms with Gasteiger partial charge in [-0.25, -0.2) is 0 Å². The van der Waals surface area contributed by atoms with Crippen molar-refractivity contribution in [1.82, 2.24) is 0 Å². The van der Waals surface area contributed by atoms with Crippen molar-refractivity contribution < 1.29 is 0 Å². The molecule has 1 unspecified atom stereocenters. The highest BCUT2D eigenvalue weighted by Gasteiger charge is 2.19. The van der Waals surface area contributed by atoms with Crippen molar-refractivity contribution in [2.45, 2.75) is 52.2 Å². The number of halogens is 1. The number of hydrogen-bond acceptors (Lipinski definition) is 1. The number of rotatable bonds is 8. The summed E-state index contributed by atoms with van der Waals surface area (Å²) in [7, 11) is -1.32. The number of hydrogen-bond donors (Lipinski definition) is 0. The second-order valence-corrected chi connectivity index (χ2v) is 16.9. The summed E-state index contributed by atoms with van der Waals surface area (Å²) >= 11 is 3.94. The second kappa shape index (κ2) is 7.89. The van der Waals surface area contributed by atoms with E-state index in [1.807, 2.05) is 6.08 Å². The normalized spacial score (nSPS) is 15.6. The lowest BCUT2D eigenvalue weighted by atomic mass is 10.2. The number of unbranched alkanes of at least 4 members (excludes halogenated alkanes) is 3. The van der Waals surface area contributed by atoms with Crippen LogP contribution >= 0.6 is 21.2 Å². The molecule has 0 saturated heterocycles. The van der Waals surface area contributed by atoms with Crippen molar-refractivity contribution in [1.29, 1.82) is 0 Å². The molecule has 0 aromatic heterocycles. The first-order valence-corrected chi connectivity index (χ1v) is 13.8. The van der Waals surface area contributed by atoms with Crippen LogP contribution in [-0.2, 0) is 0 Å². The summed E-state index contributed by atoms with van der Waals surface area (Å²) in [5.41, 5.74) is 0. The monoisotopic (exact) mass is 323 g/mol. The molecule has 0 N–H and O–H groups in total. The van der Waals surface area contributed by atoms with Gasteiger partial charge in [0.15, 0.2) is 8.24 Å². The van der Waals surface area contributed by atoms with E-state index in [9.17, 15) is 0 Å². The molecular weight excluding hydrogens is 297 g/mol. The maximum Gasteiger partial charge on any atom is 0.171 e. The molecule has 0 aromatic rings. The molecule has 0 aliphatic carbocycles. The largest absolute Gasteiger partial charge is 0.327 e. The van der Waals surface area contributed by atoms with E-state index < -0.39 is 14.0 Å². The van der Waals surface area contributed by atoms with E-state index in [-0.39, 0.29) is 0 Å². The fourth-order valence-electron chi connectivity index (χ4n) is 1.70. The minimum atomic E-state index is -1.32. The van der Waals surface area contributed by atoms with Crippen LogP contribution in [0.4, 0.5) is 0 Å². The Morgan fingerprint density at radius 2 is 1.88 bits per heavy atom. The predicted molar refractivity (Wildman–Crippen MR) is 85.7 cm³/mol. The lowest BCUT2D eigenvalue weighted by molar-refractivity contribution is 0.705. The molecule has 0 rings (SSSR count). The summed E-state index contributed by atoms with van der Waals surface area (Å²) in [6.07, 6.45) is 9.67. The van der Waals surface area contributed by atoms with Crippen molar-refractivity contribution in [3.8, 4) is 0 Å². The van der Waals surface area contributed by atoms with Gasteiger partial charge in [-0.3, -0.25) is 0 Å². The van der Waals surface area contributed by atoms with E-state index in [0.717, 1.165) is 6.16 Å². The first kappa shape index (κ1) is 16.7. The quantitative estimate of drug-likeness (QED) is 0.221. The molecular formula is C12H27BrNPSi. The third-order valence-electron chi connectivity index (χ3n) is 2.24. The SMILES string of the molecule is C=CCP(Br)(CCCCCC)=N[Si](C)(C)C. The van der Waals surface area contributed by atoms with Gasteiger partial charge in [0.05, 0.1) is 0 Å². The Hall–Kier alpha value is 0.667. The molecule has 0 fully saturated rings. The van der Waals surface area contributed by atoms with E-state index in [1.165, 1.54) is 31.8 Å². The van der Waals surface area contributed by atoms with E-state index >= 15 is 0 Å². The van der Waals surface area contributed by atoms with Crippen molar-refractivity contribution in [3.05, 3.63) is 12.7 Å². The minimum Gasteiger partial charge on any atom is -0.327 e. The molecule has 0 aliphatic rings. The highest BCUT2D eigenvalue weighted by Crippen LogP contribution is 2.59. The Labute approximate surface area is 111 Å². The fourth-order valence-corrected chi connectivity index (χ4v) is 13.7. The third-order valence-corrected chi connectivity index (χ3v) is 11.3. The molecule has 0 amide bonds. The van der Waals surface area contributed by atoms with Crippen LogP contribution in [0.1, 0.15) is 32.6 Å². The summed E-state index contributed by atoms with van der Waals surface area (Å²) in [6, 6.07) is 0. The van der Waals surface area contributed by atoms with Crippen molar-refractivity contribution in [2.24, 2.45) is 4.41 Å². The molecule has 1 nitrogen and oxygen atoms in total. The van der Waals surface area contributed by atoms with E-state index in [0.29, 0.717) is 0 Å². The van der Waals surface area contributed by atoms with Crippen molar-refractivity contribution in [2.75, 3.05) is 12.3 Å². The predicted octanol–water partition coefficient (Wildman–Crippen LogP) is 6.10. The maximum atomic E-state index is 5.12. The molecule has 96 valence electrons. The van der Waals surface area contributed by atoms with Crippen LogP contribution in [-0.4, -0.2) is 20.6 Å². The van der Waals surface area contributed by atoms with Gasteiger partial charge in [-0.05, 0) is 28.1 Å². The van der Waals surface area contributed by atoms with Gasteiger partial charge in [0.25, 0.3) is 0 Å². The van der Waals surface area contributed by atoms with Crippen molar-refractivity contribution >= 4 is 29.5 Å². The smallest absolute Gasteiger partial charge is 0.171 e. The van der Waals surface area contributed by atoms with E-state index in [4.69, 9.17) is 4.41 Å². The first-order chi connectivity index (χ1) is 7.33. The zero-order valence-corrected chi connectivity index (χ0v) is 14.8. The van der Waals surface area contributed by atoms with Crippen LogP contribution in [0, 0.1) is 0 Å². The van der Waals surface area contributed by atoms with Gasteiger partial charge in [0.2, 0.25) is 0 Å². The van der Waals surface area contributed by atoms with Gasteiger partial charge < -0.3 is 4.41 Å². The minimum absolute atomic E-state index is 1.06. The standard InChI is InChI=1S/C12H27BrNPSi/c1-6-8-9-10-12-15(13,11-7-2)14-16(3,4)5/h7H,2,6,8-12H2,1,3-5H3. The molecule has 4 heteroatoms. The Morgan fingerprint density at radius 3 is 2.31 bits per heavy atom. The van der Waals surface area contributed by atoms with Gasteiger partial charge in [0, 0.05) is 11.9 Å². The van der Waals surface area contributed by atoms with Crippen LogP contribution in [0.2, 0.25) is 19.6 Å². The molecule has 0 saturated carbocycles. The molecule has 0 spiro atoms. The summed E-state index contributed by atoms with van der Waals surface area (Å²) < 4.78 is 5.12. The Balaban J connectivity index is 4.45. The summed E-state index contributed by atoms with van der Waals surface area (Å²) in [4.78, 5) is 0. The Bertz CT molecular complexity index is 258. The average Bonchev–Trinajstić information content (AvgIpc) is 2.10. The van der Waals surface area contributed by atoms with Crippen LogP contribution in [0.5, 0.6) is 0 Å². The van der Waals surface area contributed by atoms with E-state index in [1.54, 1.807) is 0 Å². The molecule has 0 heterocycles. The molecule has 0 radical (unpaired) electrons. The van der Waals surface area contributed by atoms with E-state index in [2.05, 4.69) is 48.6 Å². The van der Waals surface area contributed by atoms with Gasteiger partial charge >= 0.3 is 0 Å². The summed E-state index contributed by atoms with van der Waals surface area (Å²) in [5.74, 6) is -1.25. The van der Waals surface area contributed by atoms with Crippen LogP contribution in [0.3, 0.4) is 0 Å². The van der Waals surface area contributed by atoms with Crippen LogP contribution in [0.25, 0.3) is 0 Å². The zero-order valence-electron chi connectivity index (χ0n) is 11.3. The molecule has 16 heavy (non-hydrogen) atoms. The van der Waals surface area contributed by atoms with Gasteiger partial charge in [-0.1, -0.05) is 51.9 Å². The lowest BCUT2D eigenvalue weighted by Gasteiger charge is -2.22. The molecule has 0 aliphatic heterocycles. The van der Waals surface area contributed by atoms with Gasteiger partial charge in [-0.15, -0.1) is 6.58 Å². The highest BCUT2D eigenvalue weighted by molar-refractivity contribution is 9.40. The Morgan fingerprint density at radius 1 is 1.25 bits per heavy atom. The van der Waals surface area contributed by atoms with Crippen LogP contribution in [0.15, 0.2) is 17.1 Å². The van der Waals surface area contributed by atoms with Crippen LogP contribution < -0.4 is 0 Å². The fraction of sp³-hybridized carbons (Fsp3) is 0.833. The first-order valence-electron chi connectivity index (χ1n) is 6.25. The molecule has 1 atom stereocenters. The zero-order chi connectivity index (χ0) is 12.7. The van der Waals surface area contributed by atoms with Gasteiger partial charge in [-0.2, -0.15) is 0 Å². The molecule has 0 aromatic carbocycles. The molecule has 0 bridgehead atoms. The second-order valence-electron chi connectivity index (χ2n) is 5.35. The lowest BCUT2D eigenvalue weighted by Crippen LogP contribution is -2.16. The average molecular weight is 324 g/mol. The topological polar surface area (TPSA) is 12.4 Å². The third kappa shape index (κ3) is 8.78. The van der Waals surface area contributed by atoms with Gasteiger partial charge in [0.1, 0.15) is 0 Å². The number of nitrogens with zero attached hydrogens (tertiary/aromatic N) is 1. The summed E-state index contributed by atoms with van der Waals surface area (Å²) in [5, 5.41) is 0. The summed E-state index contributed by atoms with van der Waals surface area (Å²) in [6.45, 7) is 13.1. The maximum absolute atomic E-state index is 5.12. The Kier molecular flexibility index (Phi) is 8.22. The van der Waals surface area contributed by atoms with Crippen molar-refractivity contribution in [3.63, 3.8) is 0 Å². The highest BCUT2D eigenvalue weighted by atomic mass is 79.9. The number of allylic oxidation sites excluding steroid dienone is 1.